The minimum atomic E-state index is -0.552. The summed E-state index contributed by atoms with van der Waals surface area (Å²) < 4.78 is 11.1. The minimum absolute atomic E-state index is 0.142. The number of aliphatic imine (C=N–C) groups is 1. The first-order valence-corrected chi connectivity index (χ1v) is 10.1. The van der Waals surface area contributed by atoms with Gasteiger partial charge in [0.1, 0.15) is 12.4 Å². The molecule has 1 aliphatic rings. The summed E-state index contributed by atoms with van der Waals surface area (Å²) in [5.41, 5.74) is 2.42. The van der Waals surface area contributed by atoms with Crippen LogP contribution in [-0.2, 0) is 16.1 Å². The van der Waals surface area contributed by atoms with Gasteiger partial charge in [0.25, 0.3) is 0 Å². The molecule has 1 heterocycles. The van der Waals surface area contributed by atoms with Crippen LogP contribution in [0.5, 0.6) is 5.75 Å². The van der Waals surface area contributed by atoms with Gasteiger partial charge in [-0.1, -0.05) is 59.1 Å². The van der Waals surface area contributed by atoms with E-state index in [4.69, 9.17) is 44.3 Å². The summed E-state index contributed by atoms with van der Waals surface area (Å²) in [7, 11) is 0. The second-order valence-electron chi connectivity index (χ2n) is 6.45. The number of ether oxygens (including phenoxy) is 2. The Balaban J connectivity index is 1.52. The molecule has 0 saturated heterocycles. The van der Waals surface area contributed by atoms with Crippen molar-refractivity contribution >= 4 is 52.7 Å². The van der Waals surface area contributed by atoms with Crippen molar-refractivity contribution < 1.29 is 14.3 Å². The van der Waals surface area contributed by atoms with Gasteiger partial charge in [0.2, 0.25) is 5.90 Å². The molecule has 0 radical (unpaired) electrons. The number of esters is 1. The van der Waals surface area contributed by atoms with Gasteiger partial charge in [-0.3, -0.25) is 0 Å². The lowest BCUT2D eigenvalue weighted by Crippen LogP contribution is -2.05. The number of hydrogen-bond acceptors (Lipinski definition) is 4. The Morgan fingerprint density at radius 3 is 2.47 bits per heavy atom. The lowest BCUT2D eigenvalue weighted by atomic mass is 10.2. The Morgan fingerprint density at radius 1 is 0.933 bits per heavy atom. The highest BCUT2D eigenvalue weighted by atomic mass is 35.5. The van der Waals surface area contributed by atoms with Crippen molar-refractivity contribution in [2.45, 2.75) is 6.61 Å². The van der Waals surface area contributed by atoms with Crippen molar-refractivity contribution in [3.63, 3.8) is 0 Å². The van der Waals surface area contributed by atoms with E-state index in [0.29, 0.717) is 33.0 Å². The van der Waals surface area contributed by atoms with E-state index in [9.17, 15) is 4.79 Å². The molecule has 0 atom stereocenters. The SMILES string of the molecule is O=C1OC(c2ccc(Cl)cc2Cl)=N/C1=C\c1cccc(OCc2ccc(Cl)cc2)c1. The fourth-order valence-electron chi connectivity index (χ4n) is 2.79. The summed E-state index contributed by atoms with van der Waals surface area (Å²) in [4.78, 5) is 16.5. The number of carbonyl (C=O) groups excluding carboxylic acids is 1. The van der Waals surface area contributed by atoms with Crippen LogP contribution in [0, 0.1) is 0 Å². The Morgan fingerprint density at radius 2 is 1.70 bits per heavy atom. The van der Waals surface area contributed by atoms with E-state index in [2.05, 4.69) is 4.99 Å². The highest BCUT2D eigenvalue weighted by molar-refractivity contribution is 6.37. The fraction of sp³-hybridized carbons (Fsp3) is 0.0435. The van der Waals surface area contributed by atoms with Crippen molar-refractivity contribution in [1.29, 1.82) is 0 Å². The zero-order chi connectivity index (χ0) is 21.1. The van der Waals surface area contributed by atoms with Crippen LogP contribution in [-0.4, -0.2) is 11.9 Å². The van der Waals surface area contributed by atoms with Crippen LogP contribution >= 0.6 is 34.8 Å². The van der Waals surface area contributed by atoms with Gasteiger partial charge in [-0.05, 0) is 59.7 Å². The van der Waals surface area contributed by atoms with Crippen molar-refractivity contribution in [2.75, 3.05) is 0 Å². The van der Waals surface area contributed by atoms with Gasteiger partial charge < -0.3 is 9.47 Å². The number of rotatable bonds is 5. The number of benzene rings is 3. The van der Waals surface area contributed by atoms with E-state index < -0.39 is 5.97 Å². The fourth-order valence-corrected chi connectivity index (χ4v) is 3.40. The predicted octanol–water partition coefficient (Wildman–Crippen LogP) is 6.57. The molecule has 150 valence electrons. The van der Waals surface area contributed by atoms with E-state index in [0.717, 1.165) is 11.1 Å². The van der Waals surface area contributed by atoms with E-state index in [-0.39, 0.29) is 11.6 Å². The second-order valence-corrected chi connectivity index (χ2v) is 7.73. The number of halogens is 3. The summed E-state index contributed by atoms with van der Waals surface area (Å²) in [6.45, 7) is 0.399. The molecule has 0 aromatic heterocycles. The van der Waals surface area contributed by atoms with Crippen LogP contribution < -0.4 is 4.74 Å². The lowest BCUT2D eigenvalue weighted by Gasteiger charge is -2.07. The summed E-state index contributed by atoms with van der Waals surface area (Å²) in [5, 5.41) is 1.52. The maximum absolute atomic E-state index is 12.2. The summed E-state index contributed by atoms with van der Waals surface area (Å²) in [6, 6.07) is 19.7. The molecule has 1 aliphatic heterocycles. The van der Waals surface area contributed by atoms with Gasteiger partial charge in [0, 0.05) is 10.0 Å². The monoisotopic (exact) mass is 457 g/mol. The van der Waals surface area contributed by atoms with Gasteiger partial charge in [-0.2, -0.15) is 0 Å². The third-order valence-corrected chi connectivity index (χ3v) is 5.06. The third-order valence-electron chi connectivity index (χ3n) is 4.26. The molecule has 0 bridgehead atoms. The van der Waals surface area contributed by atoms with Crippen LogP contribution in [0.1, 0.15) is 16.7 Å². The Hall–Kier alpha value is -2.79. The molecule has 0 saturated carbocycles. The molecule has 30 heavy (non-hydrogen) atoms. The van der Waals surface area contributed by atoms with Crippen molar-refractivity contribution in [3.05, 3.63) is 104 Å². The van der Waals surface area contributed by atoms with Crippen LogP contribution in [0.25, 0.3) is 6.08 Å². The quantitative estimate of drug-likeness (QED) is 0.321. The highest BCUT2D eigenvalue weighted by Crippen LogP contribution is 2.27. The van der Waals surface area contributed by atoms with Crippen molar-refractivity contribution in [2.24, 2.45) is 4.99 Å². The van der Waals surface area contributed by atoms with E-state index >= 15 is 0 Å². The largest absolute Gasteiger partial charge is 0.489 e. The first-order chi connectivity index (χ1) is 14.5. The van der Waals surface area contributed by atoms with E-state index in [1.54, 1.807) is 24.3 Å². The molecule has 7 heteroatoms. The van der Waals surface area contributed by atoms with Gasteiger partial charge >= 0.3 is 5.97 Å². The van der Waals surface area contributed by atoms with Gasteiger partial charge in [-0.15, -0.1) is 0 Å². The number of cyclic esters (lactones) is 1. The van der Waals surface area contributed by atoms with Crippen LogP contribution in [0.4, 0.5) is 0 Å². The van der Waals surface area contributed by atoms with Crippen molar-refractivity contribution in [1.82, 2.24) is 0 Å². The first kappa shape index (κ1) is 20.5. The Bertz CT molecular complexity index is 1170. The molecule has 4 rings (SSSR count). The topological polar surface area (TPSA) is 47.9 Å². The standard InChI is InChI=1S/C23H14Cl3NO3/c24-16-6-4-14(5-7-16)13-29-18-3-1-2-15(10-18)11-21-23(28)30-22(27-21)19-9-8-17(25)12-20(19)26/h1-12H,13H2/b21-11-. The van der Waals surface area contributed by atoms with Gasteiger partial charge in [-0.25, -0.2) is 9.79 Å². The highest BCUT2D eigenvalue weighted by Gasteiger charge is 2.25. The average molecular weight is 459 g/mol. The molecular weight excluding hydrogens is 445 g/mol. The first-order valence-electron chi connectivity index (χ1n) is 8.93. The van der Waals surface area contributed by atoms with Crippen molar-refractivity contribution in [3.8, 4) is 5.75 Å². The summed E-state index contributed by atoms with van der Waals surface area (Å²) in [6.07, 6.45) is 1.63. The normalized spacial score (nSPS) is 14.6. The summed E-state index contributed by atoms with van der Waals surface area (Å²) >= 11 is 18.0. The van der Waals surface area contributed by atoms with Crippen LogP contribution in [0.2, 0.25) is 15.1 Å². The van der Waals surface area contributed by atoms with Crippen LogP contribution in [0.3, 0.4) is 0 Å². The Kier molecular flexibility index (Phi) is 6.09. The number of hydrogen-bond donors (Lipinski definition) is 0. The molecule has 3 aromatic rings. The lowest BCUT2D eigenvalue weighted by molar-refractivity contribution is -0.129. The zero-order valence-electron chi connectivity index (χ0n) is 15.4. The maximum atomic E-state index is 12.2. The molecule has 4 nitrogen and oxygen atoms in total. The van der Waals surface area contributed by atoms with E-state index in [1.807, 2.05) is 48.5 Å². The third kappa shape index (κ3) is 4.85. The predicted molar refractivity (Wildman–Crippen MR) is 119 cm³/mol. The minimum Gasteiger partial charge on any atom is -0.489 e. The second kappa shape index (κ2) is 8.92. The molecule has 0 unspecified atom stereocenters. The molecule has 0 amide bonds. The smallest absolute Gasteiger partial charge is 0.363 e. The maximum Gasteiger partial charge on any atom is 0.363 e. The average Bonchev–Trinajstić information content (AvgIpc) is 3.08. The van der Waals surface area contributed by atoms with E-state index in [1.165, 1.54) is 0 Å². The molecule has 0 spiro atoms. The van der Waals surface area contributed by atoms with Gasteiger partial charge in [0.05, 0.1) is 10.6 Å². The van der Waals surface area contributed by atoms with Crippen LogP contribution in [0.15, 0.2) is 77.4 Å². The zero-order valence-corrected chi connectivity index (χ0v) is 17.7. The van der Waals surface area contributed by atoms with Gasteiger partial charge in [0.15, 0.2) is 5.70 Å². The molecule has 0 aliphatic carbocycles. The Labute approximate surface area is 188 Å². The molecular formula is C23H14Cl3NO3. The molecule has 3 aromatic carbocycles. The number of carbonyl (C=O) groups is 1. The molecule has 0 fully saturated rings. The molecule has 0 N–H and O–H groups in total. The number of nitrogens with zero attached hydrogens (tertiary/aromatic N) is 1. The summed E-state index contributed by atoms with van der Waals surface area (Å²) in [5.74, 6) is 0.252.